The smallest absolute Gasteiger partial charge is 0.493 e. The minimum Gasteiger partial charge on any atom is -0.493 e. The minimum atomic E-state index is -4.78. The number of rotatable bonds is 10. The first-order chi connectivity index (χ1) is 15.2. The molecule has 0 aliphatic heterocycles. The Bertz CT molecular complexity index is 930. The molecule has 32 heavy (non-hydrogen) atoms. The van der Waals surface area contributed by atoms with E-state index in [1.807, 2.05) is 0 Å². The van der Waals surface area contributed by atoms with Gasteiger partial charge in [0.1, 0.15) is 5.75 Å². The van der Waals surface area contributed by atoms with Crippen LogP contribution in [0.25, 0.3) is 0 Å². The Morgan fingerprint density at radius 1 is 1.06 bits per heavy atom. The van der Waals surface area contributed by atoms with E-state index < -0.39 is 6.36 Å². The zero-order chi connectivity index (χ0) is 23.1. The van der Waals surface area contributed by atoms with E-state index in [0.29, 0.717) is 17.2 Å². The van der Waals surface area contributed by atoms with Gasteiger partial charge in [0.15, 0.2) is 18.1 Å². The van der Waals surface area contributed by atoms with Gasteiger partial charge in [0.25, 0.3) is 5.91 Å². The number of anilines is 1. The van der Waals surface area contributed by atoms with Crippen molar-refractivity contribution in [2.24, 2.45) is 0 Å². The van der Waals surface area contributed by atoms with Crippen LogP contribution in [-0.2, 0) is 9.59 Å². The average Bonchev–Trinajstić information content (AvgIpc) is 3.58. The molecule has 172 valence electrons. The van der Waals surface area contributed by atoms with E-state index in [1.54, 1.807) is 29.2 Å². The third kappa shape index (κ3) is 7.07. The second-order valence-electron chi connectivity index (χ2n) is 7.13. The van der Waals surface area contributed by atoms with E-state index in [1.165, 1.54) is 19.2 Å². The molecule has 1 fully saturated rings. The molecule has 2 amide bonds. The third-order valence-corrected chi connectivity index (χ3v) is 4.68. The van der Waals surface area contributed by atoms with Gasteiger partial charge in [-0.2, -0.15) is 0 Å². The van der Waals surface area contributed by atoms with E-state index in [4.69, 9.17) is 9.47 Å². The van der Waals surface area contributed by atoms with Crippen LogP contribution in [0.2, 0.25) is 0 Å². The number of halogens is 3. The van der Waals surface area contributed by atoms with Gasteiger partial charge in [0, 0.05) is 24.7 Å². The highest BCUT2D eigenvalue weighted by atomic mass is 19.4. The Labute approximate surface area is 183 Å². The van der Waals surface area contributed by atoms with Crippen molar-refractivity contribution in [1.82, 2.24) is 4.90 Å². The molecule has 0 aromatic heterocycles. The minimum absolute atomic E-state index is 0.0394. The molecule has 7 nitrogen and oxygen atoms in total. The molecule has 1 saturated carbocycles. The molecule has 10 heteroatoms. The molecule has 0 bridgehead atoms. The van der Waals surface area contributed by atoms with Gasteiger partial charge in [-0.05, 0) is 49.2 Å². The first-order valence-electron chi connectivity index (χ1n) is 9.96. The van der Waals surface area contributed by atoms with Crippen molar-refractivity contribution in [2.75, 3.05) is 25.6 Å². The van der Waals surface area contributed by atoms with Gasteiger partial charge in [0.2, 0.25) is 5.91 Å². The number of amides is 2. The molecule has 0 spiro atoms. The van der Waals surface area contributed by atoms with Gasteiger partial charge in [-0.3, -0.25) is 9.59 Å². The Hall–Kier alpha value is -3.43. The maximum atomic E-state index is 12.6. The second kappa shape index (κ2) is 10.3. The van der Waals surface area contributed by atoms with E-state index in [2.05, 4.69) is 10.1 Å². The van der Waals surface area contributed by atoms with E-state index in [-0.39, 0.29) is 43.2 Å². The van der Waals surface area contributed by atoms with Crippen molar-refractivity contribution in [2.45, 2.75) is 31.7 Å². The first-order valence-corrected chi connectivity index (χ1v) is 9.96. The number of ether oxygens (including phenoxy) is 3. The van der Waals surface area contributed by atoms with Crippen molar-refractivity contribution < 1.29 is 37.0 Å². The van der Waals surface area contributed by atoms with Crippen molar-refractivity contribution in [3.8, 4) is 17.2 Å². The molecule has 1 aliphatic rings. The fourth-order valence-electron chi connectivity index (χ4n) is 3.04. The third-order valence-electron chi connectivity index (χ3n) is 4.68. The van der Waals surface area contributed by atoms with Crippen molar-refractivity contribution in [3.05, 3.63) is 48.5 Å². The molecule has 0 saturated heterocycles. The summed E-state index contributed by atoms with van der Waals surface area (Å²) in [6, 6.07) is 11.9. The van der Waals surface area contributed by atoms with Gasteiger partial charge in [-0.15, -0.1) is 13.2 Å². The van der Waals surface area contributed by atoms with Gasteiger partial charge in [-0.1, -0.05) is 12.1 Å². The molecule has 1 aliphatic carbocycles. The lowest BCUT2D eigenvalue weighted by molar-refractivity contribution is -0.274. The monoisotopic (exact) mass is 452 g/mol. The van der Waals surface area contributed by atoms with Gasteiger partial charge in [0.05, 0.1) is 7.11 Å². The Balaban J connectivity index is 1.48. The lowest BCUT2D eigenvalue weighted by Crippen LogP contribution is -2.38. The Morgan fingerprint density at radius 2 is 1.72 bits per heavy atom. The number of alkyl halides is 3. The van der Waals surface area contributed by atoms with Crippen LogP contribution in [0, 0.1) is 0 Å². The number of para-hydroxylation sites is 2. The fourth-order valence-corrected chi connectivity index (χ4v) is 3.04. The highest BCUT2D eigenvalue weighted by Gasteiger charge is 2.33. The number of nitrogens with zero attached hydrogens (tertiary/aromatic N) is 1. The molecule has 0 heterocycles. The fraction of sp³-hybridized carbons (Fsp3) is 0.364. The highest BCUT2D eigenvalue weighted by molar-refractivity contribution is 5.91. The number of carbonyl (C=O) groups excluding carboxylic acids is 2. The summed E-state index contributed by atoms with van der Waals surface area (Å²) in [5.41, 5.74) is 0.327. The topological polar surface area (TPSA) is 77.1 Å². The van der Waals surface area contributed by atoms with Crippen LogP contribution in [0.4, 0.5) is 18.9 Å². The van der Waals surface area contributed by atoms with Crippen LogP contribution in [0.15, 0.2) is 48.5 Å². The number of nitrogens with one attached hydrogen (secondary N) is 1. The normalized spacial score (nSPS) is 13.2. The summed E-state index contributed by atoms with van der Waals surface area (Å²) >= 11 is 0. The Kier molecular flexibility index (Phi) is 7.45. The average molecular weight is 452 g/mol. The first kappa shape index (κ1) is 23.2. The summed E-state index contributed by atoms with van der Waals surface area (Å²) in [6.07, 6.45) is -3.01. The molecular weight excluding hydrogens is 429 g/mol. The van der Waals surface area contributed by atoms with Gasteiger partial charge >= 0.3 is 6.36 Å². The number of methoxy groups -OCH3 is 1. The predicted octanol–water partition coefficient (Wildman–Crippen LogP) is 3.99. The molecule has 1 N–H and O–H groups in total. The molecule has 0 radical (unpaired) electrons. The summed E-state index contributed by atoms with van der Waals surface area (Å²) in [6.45, 7) is 0.0268. The van der Waals surface area contributed by atoms with Crippen molar-refractivity contribution in [3.63, 3.8) is 0 Å². The zero-order valence-corrected chi connectivity index (χ0v) is 17.4. The van der Waals surface area contributed by atoms with Crippen LogP contribution < -0.4 is 19.5 Å². The summed E-state index contributed by atoms with van der Waals surface area (Å²) in [7, 11) is 1.51. The van der Waals surface area contributed by atoms with E-state index in [0.717, 1.165) is 25.0 Å². The lowest BCUT2D eigenvalue weighted by atomic mass is 10.2. The maximum absolute atomic E-state index is 12.6. The van der Waals surface area contributed by atoms with E-state index >= 15 is 0 Å². The second-order valence-corrected chi connectivity index (χ2v) is 7.13. The van der Waals surface area contributed by atoms with Crippen LogP contribution in [0.5, 0.6) is 17.2 Å². The summed E-state index contributed by atoms with van der Waals surface area (Å²) in [5, 5.41) is 2.60. The SMILES string of the molecule is COc1ccccc1OCC(=O)N(CCC(=O)Nc1ccc(OC(F)(F)F)cc1)C1CC1. The summed E-state index contributed by atoms with van der Waals surface area (Å²) in [5.74, 6) is -0.00594. The van der Waals surface area contributed by atoms with Gasteiger partial charge in [-0.25, -0.2) is 0 Å². The molecule has 3 rings (SSSR count). The quantitative estimate of drug-likeness (QED) is 0.590. The molecule has 2 aromatic carbocycles. The van der Waals surface area contributed by atoms with E-state index in [9.17, 15) is 22.8 Å². The van der Waals surface area contributed by atoms with Crippen LogP contribution in [0.3, 0.4) is 0 Å². The number of carbonyl (C=O) groups is 2. The van der Waals surface area contributed by atoms with Crippen LogP contribution in [-0.4, -0.2) is 49.4 Å². The number of benzene rings is 2. The number of hydrogen-bond acceptors (Lipinski definition) is 5. The standard InChI is InChI=1S/C22H23F3N2O5/c1-30-18-4-2-3-5-19(18)31-14-21(29)27(16-8-9-16)13-12-20(28)26-15-6-10-17(11-7-15)32-22(23,24)25/h2-7,10-11,16H,8-9,12-14H2,1H3,(H,26,28). The molecule has 0 atom stereocenters. The zero-order valence-electron chi connectivity index (χ0n) is 17.4. The van der Waals surface area contributed by atoms with Crippen LogP contribution in [0.1, 0.15) is 19.3 Å². The molecular formula is C22H23F3N2O5. The van der Waals surface area contributed by atoms with Crippen LogP contribution >= 0.6 is 0 Å². The number of hydrogen-bond donors (Lipinski definition) is 1. The maximum Gasteiger partial charge on any atom is 0.573 e. The molecule has 2 aromatic rings. The summed E-state index contributed by atoms with van der Waals surface area (Å²) in [4.78, 5) is 26.5. The Morgan fingerprint density at radius 3 is 2.31 bits per heavy atom. The van der Waals surface area contributed by atoms with Crippen molar-refractivity contribution >= 4 is 17.5 Å². The lowest BCUT2D eigenvalue weighted by Gasteiger charge is -2.22. The predicted molar refractivity (Wildman–Crippen MR) is 110 cm³/mol. The van der Waals surface area contributed by atoms with Crippen molar-refractivity contribution in [1.29, 1.82) is 0 Å². The summed E-state index contributed by atoms with van der Waals surface area (Å²) < 4.78 is 51.2. The largest absolute Gasteiger partial charge is 0.573 e. The molecule has 0 unspecified atom stereocenters. The van der Waals surface area contributed by atoms with Gasteiger partial charge < -0.3 is 24.4 Å². The highest BCUT2D eigenvalue weighted by Crippen LogP contribution is 2.29.